The third-order valence-electron chi connectivity index (χ3n) is 4.00. The number of aromatic nitrogens is 2. The summed E-state index contributed by atoms with van der Waals surface area (Å²) in [6.45, 7) is 2.66. The van der Waals surface area contributed by atoms with Crippen LogP contribution in [0.2, 0.25) is 0 Å². The molecule has 0 saturated carbocycles. The first kappa shape index (κ1) is 15.7. The Balaban J connectivity index is 1.40. The fourth-order valence-corrected chi connectivity index (χ4v) is 3.29. The van der Waals surface area contributed by atoms with E-state index in [1.54, 1.807) is 36.0 Å². The number of thiophene rings is 1. The third-order valence-corrected chi connectivity index (χ3v) is 4.83. The van der Waals surface area contributed by atoms with Crippen molar-refractivity contribution < 1.29 is 4.79 Å². The standard InChI is InChI=1S/C17H20N4OS/c22-17(4-3-15-2-1-11-23-15)20-12-14-5-9-21(10-6-14)16-13-18-7-8-19-16/h1-4,7-8,11,13-14H,5-6,9-10,12H2,(H,20,22). The molecule has 0 aromatic carbocycles. The number of nitrogens with one attached hydrogen (secondary N) is 1. The predicted molar refractivity (Wildman–Crippen MR) is 93.3 cm³/mol. The molecule has 1 N–H and O–H groups in total. The van der Waals surface area contributed by atoms with Crippen molar-refractivity contribution in [2.45, 2.75) is 12.8 Å². The Kier molecular flexibility index (Phi) is 5.37. The molecule has 2 aromatic rings. The lowest BCUT2D eigenvalue weighted by Gasteiger charge is -2.32. The van der Waals surface area contributed by atoms with Crippen LogP contribution in [0.5, 0.6) is 0 Å². The lowest BCUT2D eigenvalue weighted by Crippen LogP contribution is -2.38. The zero-order valence-electron chi connectivity index (χ0n) is 12.9. The molecule has 0 unspecified atom stereocenters. The van der Waals surface area contributed by atoms with E-state index in [9.17, 15) is 4.79 Å². The molecule has 6 heteroatoms. The van der Waals surface area contributed by atoms with Gasteiger partial charge in [-0.1, -0.05) is 6.07 Å². The summed E-state index contributed by atoms with van der Waals surface area (Å²) in [5.74, 6) is 1.45. The van der Waals surface area contributed by atoms with Gasteiger partial charge in [-0.2, -0.15) is 0 Å². The van der Waals surface area contributed by atoms with E-state index >= 15 is 0 Å². The molecule has 0 atom stereocenters. The number of nitrogens with zero attached hydrogens (tertiary/aromatic N) is 3. The number of anilines is 1. The van der Waals surface area contributed by atoms with Gasteiger partial charge in [-0.15, -0.1) is 11.3 Å². The molecule has 0 spiro atoms. The van der Waals surface area contributed by atoms with E-state index in [1.807, 2.05) is 23.6 Å². The van der Waals surface area contributed by atoms with E-state index in [1.165, 1.54) is 0 Å². The summed E-state index contributed by atoms with van der Waals surface area (Å²) in [5.41, 5.74) is 0. The molecular weight excluding hydrogens is 308 g/mol. The average molecular weight is 328 g/mol. The van der Waals surface area contributed by atoms with E-state index in [2.05, 4.69) is 20.2 Å². The second-order valence-electron chi connectivity index (χ2n) is 5.59. The SMILES string of the molecule is O=C(C=Cc1cccs1)NCC1CCN(c2cnccn2)CC1. The Morgan fingerprint density at radius 3 is 2.96 bits per heavy atom. The van der Waals surface area contributed by atoms with Gasteiger partial charge in [0, 0.05) is 43.0 Å². The smallest absolute Gasteiger partial charge is 0.244 e. The highest BCUT2D eigenvalue weighted by Gasteiger charge is 2.20. The van der Waals surface area contributed by atoms with Gasteiger partial charge in [-0.25, -0.2) is 4.98 Å². The summed E-state index contributed by atoms with van der Waals surface area (Å²) in [6, 6.07) is 3.98. The molecule has 1 saturated heterocycles. The van der Waals surface area contributed by atoms with Crippen molar-refractivity contribution in [3.05, 3.63) is 47.1 Å². The van der Waals surface area contributed by atoms with Crippen LogP contribution in [0.25, 0.3) is 6.08 Å². The highest BCUT2D eigenvalue weighted by molar-refractivity contribution is 7.10. The van der Waals surface area contributed by atoms with Crippen molar-refractivity contribution >= 4 is 29.1 Å². The Morgan fingerprint density at radius 2 is 2.26 bits per heavy atom. The first-order chi connectivity index (χ1) is 11.3. The van der Waals surface area contributed by atoms with Crippen LogP contribution < -0.4 is 10.2 Å². The number of amides is 1. The molecule has 120 valence electrons. The van der Waals surface area contributed by atoms with Gasteiger partial charge in [-0.05, 0) is 36.3 Å². The van der Waals surface area contributed by atoms with Gasteiger partial charge in [0.2, 0.25) is 5.91 Å². The van der Waals surface area contributed by atoms with Crippen molar-refractivity contribution in [1.82, 2.24) is 15.3 Å². The molecule has 1 aliphatic heterocycles. The summed E-state index contributed by atoms with van der Waals surface area (Å²) in [6.07, 6.45) is 10.8. The summed E-state index contributed by atoms with van der Waals surface area (Å²) < 4.78 is 0. The van der Waals surface area contributed by atoms with Crippen molar-refractivity contribution in [2.24, 2.45) is 5.92 Å². The Bertz CT molecular complexity index is 634. The highest BCUT2D eigenvalue weighted by Crippen LogP contribution is 2.20. The second-order valence-corrected chi connectivity index (χ2v) is 6.57. The number of carbonyl (C=O) groups excluding carboxylic acids is 1. The molecule has 0 bridgehead atoms. The maximum atomic E-state index is 11.8. The molecule has 2 aromatic heterocycles. The van der Waals surface area contributed by atoms with Gasteiger partial charge >= 0.3 is 0 Å². The molecule has 3 rings (SSSR count). The molecule has 0 aliphatic carbocycles. The maximum Gasteiger partial charge on any atom is 0.244 e. The fourth-order valence-electron chi connectivity index (χ4n) is 2.67. The van der Waals surface area contributed by atoms with Crippen LogP contribution in [-0.4, -0.2) is 35.5 Å². The van der Waals surface area contributed by atoms with E-state index < -0.39 is 0 Å². The molecule has 1 fully saturated rings. The lowest BCUT2D eigenvalue weighted by atomic mass is 9.97. The minimum atomic E-state index is -0.0187. The van der Waals surface area contributed by atoms with Crippen LogP contribution in [0.3, 0.4) is 0 Å². The van der Waals surface area contributed by atoms with E-state index in [0.29, 0.717) is 5.92 Å². The first-order valence-electron chi connectivity index (χ1n) is 7.81. The minimum Gasteiger partial charge on any atom is -0.355 e. The van der Waals surface area contributed by atoms with Gasteiger partial charge in [0.05, 0.1) is 6.20 Å². The highest BCUT2D eigenvalue weighted by atomic mass is 32.1. The monoisotopic (exact) mass is 328 g/mol. The average Bonchev–Trinajstić information content (AvgIpc) is 3.13. The largest absolute Gasteiger partial charge is 0.355 e. The number of rotatable bonds is 5. The molecular formula is C17H20N4OS. The number of piperidine rings is 1. The lowest BCUT2D eigenvalue weighted by molar-refractivity contribution is -0.116. The van der Waals surface area contributed by atoms with Crippen LogP contribution in [0.1, 0.15) is 17.7 Å². The molecule has 3 heterocycles. The number of hydrogen-bond acceptors (Lipinski definition) is 5. The van der Waals surface area contributed by atoms with Gasteiger partial charge in [0.25, 0.3) is 0 Å². The van der Waals surface area contributed by atoms with Gasteiger partial charge in [0.15, 0.2) is 0 Å². The van der Waals surface area contributed by atoms with Gasteiger partial charge < -0.3 is 10.2 Å². The minimum absolute atomic E-state index is 0.0187. The van der Waals surface area contributed by atoms with E-state index in [0.717, 1.165) is 43.2 Å². The van der Waals surface area contributed by atoms with Crippen LogP contribution in [0, 0.1) is 5.92 Å². The van der Waals surface area contributed by atoms with Crippen molar-refractivity contribution in [2.75, 3.05) is 24.5 Å². The number of hydrogen-bond donors (Lipinski definition) is 1. The van der Waals surface area contributed by atoms with Crippen molar-refractivity contribution in [3.8, 4) is 0 Å². The van der Waals surface area contributed by atoms with E-state index in [-0.39, 0.29) is 5.91 Å². The molecule has 5 nitrogen and oxygen atoms in total. The zero-order chi connectivity index (χ0) is 15.9. The Hall–Kier alpha value is -2.21. The topological polar surface area (TPSA) is 58.1 Å². The zero-order valence-corrected chi connectivity index (χ0v) is 13.7. The fraction of sp³-hybridized carbons (Fsp3) is 0.353. The summed E-state index contributed by atoms with van der Waals surface area (Å²) in [5, 5.41) is 5.00. The summed E-state index contributed by atoms with van der Waals surface area (Å²) in [4.78, 5) is 23.6. The van der Waals surface area contributed by atoms with Crippen LogP contribution in [0.4, 0.5) is 5.82 Å². The van der Waals surface area contributed by atoms with Crippen molar-refractivity contribution in [3.63, 3.8) is 0 Å². The third kappa shape index (κ3) is 4.63. The second kappa shape index (κ2) is 7.87. The van der Waals surface area contributed by atoms with Crippen LogP contribution in [-0.2, 0) is 4.79 Å². The first-order valence-corrected chi connectivity index (χ1v) is 8.69. The van der Waals surface area contributed by atoms with Crippen LogP contribution in [0.15, 0.2) is 42.2 Å². The predicted octanol–water partition coefficient (Wildman–Crippen LogP) is 2.58. The number of carbonyl (C=O) groups is 1. The summed E-state index contributed by atoms with van der Waals surface area (Å²) >= 11 is 1.63. The molecule has 23 heavy (non-hydrogen) atoms. The van der Waals surface area contributed by atoms with Gasteiger partial charge in [-0.3, -0.25) is 9.78 Å². The van der Waals surface area contributed by atoms with Crippen molar-refractivity contribution in [1.29, 1.82) is 0 Å². The summed E-state index contributed by atoms with van der Waals surface area (Å²) in [7, 11) is 0. The normalized spacial score (nSPS) is 15.9. The Morgan fingerprint density at radius 1 is 1.39 bits per heavy atom. The maximum absolute atomic E-state index is 11.8. The Labute approximate surface area is 140 Å². The van der Waals surface area contributed by atoms with Gasteiger partial charge in [0.1, 0.15) is 5.82 Å². The molecule has 1 amide bonds. The van der Waals surface area contributed by atoms with Crippen LogP contribution >= 0.6 is 11.3 Å². The van der Waals surface area contributed by atoms with E-state index in [4.69, 9.17) is 0 Å². The quantitative estimate of drug-likeness (QED) is 0.857. The molecule has 1 aliphatic rings. The molecule has 0 radical (unpaired) electrons.